The Morgan fingerprint density at radius 2 is 1.83 bits per heavy atom. The molecule has 0 spiro atoms. The standard InChI is InChI=1S/C21H18ClN9O3.C7H14/c1-10-24-19(33-28-10)15-4-3-5-31(15)20-26-13-7-14(18-27-21(32)34-29-18)25-16(17(13)30(20)2)11-6-12(22)9-23-8-11;1-7-5-3-2-4-6-7/h6-9,15H,3-5H2,1-2H3,(H,27,29,32);7H,2-6H2,1H3. The van der Waals surface area contributed by atoms with Crippen LogP contribution < -0.4 is 10.7 Å². The minimum absolute atomic E-state index is 0.0766. The Morgan fingerprint density at radius 3 is 2.49 bits per heavy atom. The second kappa shape index (κ2) is 11.4. The van der Waals surface area contributed by atoms with E-state index in [9.17, 15) is 4.79 Å². The van der Waals surface area contributed by atoms with E-state index >= 15 is 0 Å². The van der Waals surface area contributed by atoms with Crippen molar-refractivity contribution in [2.45, 2.75) is 64.8 Å². The Bertz CT molecular complexity index is 1720. The molecule has 1 saturated carbocycles. The molecule has 6 heterocycles. The van der Waals surface area contributed by atoms with Gasteiger partial charge in [-0.25, -0.2) is 14.8 Å². The first-order chi connectivity index (χ1) is 19.9. The van der Waals surface area contributed by atoms with Crippen LogP contribution in [0.2, 0.25) is 5.02 Å². The summed E-state index contributed by atoms with van der Waals surface area (Å²) in [4.78, 5) is 34.6. The van der Waals surface area contributed by atoms with Crippen molar-refractivity contribution in [3.8, 4) is 22.8 Å². The van der Waals surface area contributed by atoms with Gasteiger partial charge in [0.15, 0.2) is 5.82 Å². The van der Waals surface area contributed by atoms with Gasteiger partial charge in [0.25, 0.3) is 0 Å². The predicted molar refractivity (Wildman–Crippen MR) is 153 cm³/mol. The number of hydrogen-bond donors (Lipinski definition) is 1. The van der Waals surface area contributed by atoms with Crippen LogP contribution in [0.1, 0.15) is 69.6 Å². The fraction of sp³-hybridized carbons (Fsp3) is 0.464. The van der Waals surface area contributed by atoms with Crippen LogP contribution in [-0.2, 0) is 7.05 Å². The van der Waals surface area contributed by atoms with Gasteiger partial charge in [-0.1, -0.05) is 60.9 Å². The number of aryl methyl sites for hydroxylation is 2. The van der Waals surface area contributed by atoms with E-state index < -0.39 is 5.76 Å². The van der Waals surface area contributed by atoms with E-state index in [1.807, 2.05) is 11.6 Å². The summed E-state index contributed by atoms with van der Waals surface area (Å²) in [6.45, 7) is 4.95. The zero-order valence-corrected chi connectivity index (χ0v) is 24.1. The largest absolute Gasteiger partial charge is 0.439 e. The van der Waals surface area contributed by atoms with Gasteiger partial charge in [0, 0.05) is 31.5 Å². The molecule has 1 aliphatic heterocycles. The van der Waals surface area contributed by atoms with Crippen LogP contribution in [0.5, 0.6) is 0 Å². The maximum atomic E-state index is 11.5. The van der Waals surface area contributed by atoms with Crippen LogP contribution in [0.4, 0.5) is 5.95 Å². The van der Waals surface area contributed by atoms with E-state index in [0.717, 1.165) is 36.8 Å². The number of nitrogens with zero attached hydrogens (tertiary/aromatic N) is 8. The van der Waals surface area contributed by atoms with Crippen molar-refractivity contribution in [3.63, 3.8) is 0 Å². The number of fused-ring (bicyclic) bond motifs is 1. The zero-order chi connectivity index (χ0) is 28.5. The summed E-state index contributed by atoms with van der Waals surface area (Å²) in [5, 5.41) is 8.21. The Balaban J connectivity index is 0.000000380. The highest BCUT2D eigenvalue weighted by Gasteiger charge is 2.34. The van der Waals surface area contributed by atoms with Crippen molar-refractivity contribution < 1.29 is 9.05 Å². The molecule has 41 heavy (non-hydrogen) atoms. The Hall–Kier alpha value is -4.06. The van der Waals surface area contributed by atoms with Gasteiger partial charge in [-0.2, -0.15) is 4.98 Å². The smallest absolute Gasteiger partial charge is 0.337 e. The normalized spacial score (nSPS) is 17.7. The number of anilines is 1. The second-order valence-electron chi connectivity index (χ2n) is 10.8. The number of rotatable bonds is 4. The maximum Gasteiger partial charge on any atom is 0.439 e. The first-order valence-electron chi connectivity index (χ1n) is 14.0. The van der Waals surface area contributed by atoms with Gasteiger partial charge < -0.3 is 14.0 Å². The number of aromatic nitrogens is 8. The van der Waals surface area contributed by atoms with E-state index in [-0.39, 0.29) is 11.9 Å². The molecular weight excluding hydrogens is 546 g/mol. The van der Waals surface area contributed by atoms with Crippen LogP contribution in [0, 0.1) is 12.8 Å². The van der Waals surface area contributed by atoms with Crippen LogP contribution in [0.15, 0.2) is 38.4 Å². The molecular formula is C28H32ClN9O3. The molecule has 2 fully saturated rings. The molecule has 5 aromatic rings. The van der Waals surface area contributed by atoms with Gasteiger partial charge in [-0.3, -0.25) is 14.5 Å². The molecule has 1 saturated heterocycles. The average Bonchev–Trinajstić information content (AvgIpc) is 3.76. The molecule has 5 aromatic heterocycles. The monoisotopic (exact) mass is 577 g/mol. The van der Waals surface area contributed by atoms with E-state index in [0.29, 0.717) is 39.2 Å². The molecule has 7 rings (SSSR count). The van der Waals surface area contributed by atoms with Crippen LogP contribution >= 0.6 is 11.6 Å². The third-order valence-corrected chi connectivity index (χ3v) is 7.93. The summed E-state index contributed by atoms with van der Waals surface area (Å²) in [5.74, 6) is 2.47. The molecule has 12 nitrogen and oxygen atoms in total. The summed E-state index contributed by atoms with van der Waals surface area (Å²) in [7, 11) is 1.93. The van der Waals surface area contributed by atoms with Gasteiger partial charge >= 0.3 is 5.76 Å². The minimum Gasteiger partial charge on any atom is -0.337 e. The van der Waals surface area contributed by atoms with Crippen LogP contribution in [0.3, 0.4) is 0 Å². The number of hydrogen-bond acceptors (Lipinski definition) is 10. The van der Waals surface area contributed by atoms with E-state index in [2.05, 4.69) is 41.6 Å². The number of pyridine rings is 2. The number of imidazole rings is 1. The predicted octanol–water partition coefficient (Wildman–Crippen LogP) is 5.65. The molecule has 1 aliphatic carbocycles. The SMILES string of the molecule is CC1CCCCC1.Cc1noc(C2CCCN2c2nc3cc(-c4noc(=O)[nH]4)nc(-c4cncc(Cl)c4)c3n2C)n1. The highest BCUT2D eigenvalue weighted by Crippen LogP contribution is 2.38. The number of halogens is 1. The third kappa shape index (κ3) is 5.61. The van der Waals surface area contributed by atoms with Crippen molar-refractivity contribution in [1.82, 2.24) is 39.8 Å². The Kier molecular flexibility index (Phi) is 7.57. The first-order valence-corrected chi connectivity index (χ1v) is 14.4. The fourth-order valence-electron chi connectivity index (χ4n) is 5.70. The Labute approximate surface area is 241 Å². The number of aromatic amines is 1. The average molecular weight is 578 g/mol. The Morgan fingerprint density at radius 1 is 1.00 bits per heavy atom. The van der Waals surface area contributed by atoms with Crippen molar-refractivity contribution in [1.29, 1.82) is 0 Å². The van der Waals surface area contributed by atoms with Gasteiger partial charge in [-0.15, -0.1) is 0 Å². The lowest BCUT2D eigenvalue weighted by molar-refractivity contribution is 0.351. The molecule has 0 amide bonds. The van der Waals surface area contributed by atoms with E-state index in [1.54, 1.807) is 31.5 Å². The fourth-order valence-corrected chi connectivity index (χ4v) is 5.88. The topological polar surface area (TPSA) is 145 Å². The van der Waals surface area contributed by atoms with Crippen molar-refractivity contribution in [3.05, 3.63) is 51.8 Å². The van der Waals surface area contributed by atoms with Gasteiger partial charge in [-0.05, 0) is 37.8 Å². The lowest BCUT2D eigenvalue weighted by atomic mass is 9.91. The maximum absolute atomic E-state index is 11.5. The van der Waals surface area contributed by atoms with Crippen LogP contribution in [0.25, 0.3) is 33.8 Å². The summed E-state index contributed by atoms with van der Waals surface area (Å²) < 4.78 is 12.1. The van der Waals surface area contributed by atoms with Crippen molar-refractivity contribution >= 4 is 28.6 Å². The minimum atomic E-state index is -0.667. The zero-order valence-electron chi connectivity index (χ0n) is 23.3. The van der Waals surface area contributed by atoms with Crippen molar-refractivity contribution in [2.24, 2.45) is 13.0 Å². The van der Waals surface area contributed by atoms with Crippen LogP contribution in [-0.4, -0.2) is 46.3 Å². The molecule has 13 heteroatoms. The van der Waals surface area contributed by atoms with Gasteiger partial charge in [0.2, 0.25) is 17.7 Å². The lowest BCUT2D eigenvalue weighted by Crippen LogP contribution is -2.25. The molecule has 214 valence electrons. The summed E-state index contributed by atoms with van der Waals surface area (Å²) in [6.07, 6.45) is 12.5. The van der Waals surface area contributed by atoms with Gasteiger partial charge in [0.05, 0.1) is 21.7 Å². The highest BCUT2D eigenvalue weighted by molar-refractivity contribution is 6.30. The molecule has 0 radical (unpaired) electrons. The third-order valence-electron chi connectivity index (χ3n) is 7.72. The summed E-state index contributed by atoms with van der Waals surface area (Å²) in [6, 6.07) is 3.46. The molecule has 1 atom stereocenters. The molecule has 0 bridgehead atoms. The van der Waals surface area contributed by atoms with E-state index in [1.165, 1.54) is 32.1 Å². The van der Waals surface area contributed by atoms with Crippen molar-refractivity contribution in [2.75, 3.05) is 11.4 Å². The first kappa shape index (κ1) is 27.1. The molecule has 2 aliphatic rings. The number of nitrogens with one attached hydrogen (secondary N) is 1. The molecule has 1 unspecified atom stereocenters. The van der Waals surface area contributed by atoms with E-state index in [4.69, 9.17) is 26.1 Å². The summed E-state index contributed by atoms with van der Waals surface area (Å²) >= 11 is 6.22. The molecule has 1 N–H and O–H groups in total. The second-order valence-corrected chi connectivity index (χ2v) is 11.2. The number of H-pyrrole nitrogens is 1. The molecule has 0 aromatic carbocycles. The highest BCUT2D eigenvalue weighted by atomic mass is 35.5. The quantitative estimate of drug-likeness (QED) is 0.284. The lowest BCUT2D eigenvalue weighted by Gasteiger charge is -2.22. The van der Waals surface area contributed by atoms with Gasteiger partial charge in [0.1, 0.15) is 11.7 Å². The summed E-state index contributed by atoms with van der Waals surface area (Å²) in [5.41, 5.74) is 3.14.